The van der Waals surface area contributed by atoms with Gasteiger partial charge in [0.2, 0.25) is 0 Å². The van der Waals surface area contributed by atoms with Crippen LogP contribution < -0.4 is 9.47 Å². The number of aromatic nitrogens is 2. The minimum Gasteiger partial charge on any atom is -0.507 e. The molecule has 0 radical (unpaired) electrons. The van der Waals surface area contributed by atoms with Crippen molar-refractivity contribution in [2.75, 3.05) is 7.11 Å². The summed E-state index contributed by atoms with van der Waals surface area (Å²) < 4.78 is 52.4. The number of halogens is 3. The largest absolute Gasteiger partial charge is 0.507 e. The van der Waals surface area contributed by atoms with Gasteiger partial charge < -0.3 is 14.6 Å². The molecule has 0 aliphatic carbocycles. The third-order valence-electron chi connectivity index (χ3n) is 5.34. The van der Waals surface area contributed by atoms with Crippen LogP contribution in [0.4, 0.5) is 13.2 Å². The molecule has 4 aromatic rings. The molecule has 0 aliphatic rings. The van der Waals surface area contributed by atoms with Gasteiger partial charge in [0.1, 0.15) is 30.2 Å². The zero-order valence-electron chi connectivity index (χ0n) is 18.7. The van der Waals surface area contributed by atoms with E-state index < -0.39 is 11.9 Å². The van der Waals surface area contributed by atoms with Crippen molar-refractivity contribution in [1.82, 2.24) is 9.97 Å². The number of methoxy groups -OCH3 is 1. The van der Waals surface area contributed by atoms with Crippen molar-refractivity contribution in [3.05, 3.63) is 96.5 Å². The third-order valence-corrected chi connectivity index (χ3v) is 5.34. The molecule has 0 amide bonds. The Hall–Kier alpha value is -4.33. The second-order valence-corrected chi connectivity index (χ2v) is 7.59. The molecule has 178 valence electrons. The molecule has 0 fully saturated rings. The minimum absolute atomic E-state index is 0.0541. The van der Waals surface area contributed by atoms with E-state index in [-0.39, 0.29) is 34.7 Å². The topological polar surface area (TPSA) is 64.5 Å². The molecule has 0 atom stereocenters. The van der Waals surface area contributed by atoms with Crippen LogP contribution in [0.25, 0.3) is 28.5 Å². The number of rotatable bonds is 7. The molecule has 0 spiro atoms. The number of nitrogens with zero attached hydrogens (tertiary/aromatic N) is 2. The first-order chi connectivity index (χ1) is 16.8. The summed E-state index contributed by atoms with van der Waals surface area (Å²) in [5.74, 6) is 0.574. The van der Waals surface area contributed by atoms with Gasteiger partial charge in [0, 0.05) is 17.2 Å². The number of hydrogen-bond donors (Lipinski definition) is 1. The highest BCUT2D eigenvalue weighted by Crippen LogP contribution is 2.43. The molecule has 0 saturated heterocycles. The summed E-state index contributed by atoms with van der Waals surface area (Å²) in [5.41, 5.74) is 0.840. The van der Waals surface area contributed by atoms with E-state index in [1.54, 1.807) is 24.3 Å². The molecule has 1 N–H and O–H groups in total. The number of phenols is 1. The standard InChI is InChI=1S/C27H21F3N2O3/c1-3-17-4-6-18(7-5-17)15-35-21-12-13-22(23(33)14-21)25-24(19-8-10-20(34-2)11-9-19)26(27(28,29)30)32-16-31-25/h3-14,16,33H,1,15H2,2H3. The molecule has 1 aromatic heterocycles. The van der Waals surface area contributed by atoms with E-state index in [1.165, 1.54) is 31.4 Å². The van der Waals surface area contributed by atoms with Crippen LogP contribution in [0.1, 0.15) is 16.8 Å². The van der Waals surface area contributed by atoms with Gasteiger partial charge in [0.25, 0.3) is 0 Å². The van der Waals surface area contributed by atoms with E-state index in [9.17, 15) is 18.3 Å². The van der Waals surface area contributed by atoms with Gasteiger partial charge in [0.15, 0.2) is 5.69 Å². The lowest BCUT2D eigenvalue weighted by Crippen LogP contribution is -2.12. The SMILES string of the molecule is C=Cc1ccc(COc2ccc(-c3ncnc(C(F)(F)F)c3-c3ccc(OC)cc3)c(O)c2)cc1. The summed E-state index contributed by atoms with van der Waals surface area (Å²) in [6.07, 6.45) is -2.16. The van der Waals surface area contributed by atoms with Crippen molar-refractivity contribution in [2.45, 2.75) is 12.8 Å². The molecule has 5 nitrogen and oxygen atoms in total. The molecule has 3 aromatic carbocycles. The zero-order chi connectivity index (χ0) is 25.0. The highest BCUT2D eigenvalue weighted by Gasteiger charge is 2.37. The van der Waals surface area contributed by atoms with Crippen molar-refractivity contribution in [3.63, 3.8) is 0 Å². The maximum Gasteiger partial charge on any atom is 0.434 e. The summed E-state index contributed by atoms with van der Waals surface area (Å²) in [4.78, 5) is 7.59. The van der Waals surface area contributed by atoms with Crippen LogP contribution >= 0.6 is 0 Å². The van der Waals surface area contributed by atoms with Crippen LogP contribution in [0.2, 0.25) is 0 Å². The molecule has 0 unspecified atom stereocenters. The van der Waals surface area contributed by atoms with Crippen molar-refractivity contribution in [2.24, 2.45) is 0 Å². The van der Waals surface area contributed by atoms with Crippen molar-refractivity contribution in [3.8, 4) is 39.6 Å². The first-order valence-electron chi connectivity index (χ1n) is 10.5. The van der Waals surface area contributed by atoms with E-state index >= 15 is 0 Å². The first kappa shape index (κ1) is 23.8. The molecule has 35 heavy (non-hydrogen) atoms. The van der Waals surface area contributed by atoms with E-state index in [0.29, 0.717) is 11.5 Å². The highest BCUT2D eigenvalue weighted by molar-refractivity contribution is 5.85. The molecule has 4 rings (SSSR count). The molecule has 8 heteroatoms. The van der Waals surface area contributed by atoms with Crippen LogP contribution in [0, 0.1) is 0 Å². The van der Waals surface area contributed by atoms with Crippen LogP contribution in [0.5, 0.6) is 17.2 Å². The predicted molar refractivity (Wildman–Crippen MR) is 127 cm³/mol. The average molecular weight is 478 g/mol. The summed E-state index contributed by atoms with van der Waals surface area (Å²) in [6, 6.07) is 18.1. The molecule has 0 aliphatic heterocycles. The Morgan fingerprint density at radius 2 is 1.63 bits per heavy atom. The highest BCUT2D eigenvalue weighted by atomic mass is 19.4. The fraction of sp³-hybridized carbons (Fsp3) is 0.111. The lowest BCUT2D eigenvalue weighted by Gasteiger charge is -2.17. The normalized spacial score (nSPS) is 11.2. The zero-order valence-corrected chi connectivity index (χ0v) is 18.7. The van der Waals surface area contributed by atoms with Crippen LogP contribution in [-0.4, -0.2) is 22.2 Å². The quantitative estimate of drug-likeness (QED) is 0.318. The maximum absolute atomic E-state index is 13.8. The Morgan fingerprint density at radius 1 is 0.943 bits per heavy atom. The van der Waals surface area contributed by atoms with Gasteiger partial charge in [-0.3, -0.25) is 0 Å². The third kappa shape index (κ3) is 5.27. The van der Waals surface area contributed by atoms with Gasteiger partial charge in [-0.15, -0.1) is 0 Å². The Balaban J connectivity index is 1.70. The van der Waals surface area contributed by atoms with E-state index in [2.05, 4.69) is 16.5 Å². The first-order valence-corrected chi connectivity index (χ1v) is 10.5. The number of alkyl halides is 3. The van der Waals surface area contributed by atoms with Crippen LogP contribution in [0.3, 0.4) is 0 Å². The van der Waals surface area contributed by atoms with E-state index in [0.717, 1.165) is 17.5 Å². The second kappa shape index (κ2) is 9.89. The molecule has 0 saturated carbocycles. The Morgan fingerprint density at radius 3 is 2.23 bits per heavy atom. The van der Waals surface area contributed by atoms with Gasteiger partial charge in [-0.05, 0) is 41.0 Å². The molecule has 0 bridgehead atoms. The number of ether oxygens (including phenoxy) is 2. The lowest BCUT2D eigenvalue weighted by atomic mass is 9.96. The second-order valence-electron chi connectivity index (χ2n) is 7.59. The number of phenolic OH excluding ortho intramolecular Hbond substituents is 1. The summed E-state index contributed by atoms with van der Waals surface area (Å²) in [6.45, 7) is 3.96. The monoisotopic (exact) mass is 478 g/mol. The number of hydrogen-bond acceptors (Lipinski definition) is 5. The van der Waals surface area contributed by atoms with Gasteiger partial charge >= 0.3 is 6.18 Å². The van der Waals surface area contributed by atoms with Gasteiger partial charge in [0.05, 0.1) is 12.8 Å². The van der Waals surface area contributed by atoms with Crippen molar-refractivity contribution >= 4 is 6.08 Å². The van der Waals surface area contributed by atoms with Crippen molar-refractivity contribution < 1.29 is 27.8 Å². The van der Waals surface area contributed by atoms with Crippen LogP contribution in [-0.2, 0) is 12.8 Å². The summed E-state index contributed by atoms with van der Waals surface area (Å²) in [5, 5.41) is 10.7. The number of aromatic hydroxyl groups is 1. The number of benzene rings is 3. The Bertz CT molecular complexity index is 1340. The smallest absolute Gasteiger partial charge is 0.434 e. The Kier molecular flexibility index (Phi) is 6.73. The Labute approximate surface area is 200 Å². The van der Waals surface area contributed by atoms with E-state index in [1.807, 2.05) is 24.3 Å². The minimum atomic E-state index is -4.73. The average Bonchev–Trinajstić information content (AvgIpc) is 2.87. The fourth-order valence-corrected chi connectivity index (χ4v) is 3.55. The molecule has 1 heterocycles. The summed E-state index contributed by atoms with van der Waals surface area (Å²) in [7, 11) is 1.46. The van der Waals surface area contributed by atoms with Crippen molar-refractivity contribution in [1.29, 1.82) is 0 Å². The van der Waals surface area contributed by atoms with Gasteiger partial charge in [-0.2, -0.15) is 13.2 Å². The maximum atomic E-state index is 13.8. The molecular formula is C27H21F3N2O3. The fourth-order valence-electron chi connectivity index (χ4n) is 3.55. The predicted octanol–water partition coefficient (Wildman–Crippen LogP) is 6.77. The van der Waals surface area contributed by atoms with Gasteiger partial charge in [-0.1, -0.05) is 49.1 Å². The van der Waals surface area contributed by atoms with Crippen LogP contribution in [0.15, 0.2) is 79.6 Å². The van der Waals surface area contributed by atoms with E-state index in [4.69, 9.17) is 9.47 Å². The van der Waals surface area contributed by atoms with Gasteiger partial charge in [-0.25, -0.2) is 9.97 Å². The molecular weight excluding hydrogens is 457 g/mol. The lowest BCUT2D eigenvalue weighted by molar-refractivity contribution is -0.140. The summed E-state index contributed by atoms with van der Waals surface area (Å²) >= 11 is 0.